The molecule has 1 aromatic carbocycles. The number of hydrogen-bond donors (Lipinski definition) is 2. The van der Waals surface area contributed by atoms with Gasteiger partial charge in [-0.2, -0.15) is 0 Å². The Hall–Kier alpha value is -2.94. The van der Waals surface area contributed by atoms with Gasteiger partial charge in [-0.25, -0.2) is 0 Å². The summed E-state index contributed by atoms with van der Waals surface area (Å²) >= 11 is 12.2. The smallest absolute Gasteiger partial charge is 0.250 e. The Balaban J connectivity index is 1.72. The van der Waals surface area contributed by atoms with Crippen molar-refractivity contribution in [2.75, 3.05) is 23.9 Å². The lowest BCUT2D eigenvalue weighted by Gasteiger charge is -2.28. The number of anilines is 2. The van der Waals surface area contributed by atoms with E-state index in [1.165, 1.54) is 7.11 Å². The Morgan fingerprint density at radius 2 is 2.13 bits per heavy atom. The van der Waals surface area contributed by atoms with E-state index in [0.717, 1.165) is 17.1 Å². The Morgan fingerprint density at radius 3 is 2.77 bits per heavy atom. The fourth-order valence-electron chi connectivity index (χ4n) is 3.79. The average Bonchev–Trinajstić information content (AvgIpc) is 3.32. The highest BCUT2D eigenvalue weighted by Crippen LogP contribution is 2.42. The van der Waals surface area contributed by atoms with E-state index in [-0.39, 0.29) is 24.6 Å². The van der Waals surface area contributed by atoms with Gasteiger partial charge in [0.1, 0.15) is 12.6 Å². The number of benzene rings is 1. The third-order valence-corrected chi connectivity index (χ3v) is 5.79. The summed E-state index contributed by atoms with van der Waals surface area (Å²) in [5.74, 6) is -0.271. The molecule has 1 saturated heterocycles. The molecule has 7 nitrogen and oxygen atoms in total. The van der Waals surface area contributed by atoms with Crippen LogP contribution in [0.1, 0.15) is 23.5 Å². The summed E-state index contributed by atoms with van der Waals surface area (Å²) in [7, 11) is 3.47. The molecular formula is C22H22ClN5O2S. The second-order valence-corrected chi connectivity index (χ2v) is 7.98. The summed E-state index contributed by atoms with van der Waals surface area (Å²) in [6.07, 6.45) is 3.78. The summed E-state index contributed by atoms with van der Waals surface area (Å²) < 4.78 is 6.93. The number of rotatable bonds is 6. The molecular weight excluding hydrogens is 434 g/mol. The maximum Gasteiger partial charge on any atom is 0.250 e. The van der Waals surface area contributed by atoms with Gasteiger partial charge in [0.25, 0.3) is 0 Å². The van der Waals surface area contributed by atoms with Crippen molar-refractivity contribution in [2.45, 2.75) is 12.1 Å². The second kappa shape index (κ2) is 9.05. The molecule has 0 saturated carbocycles. The monoisotopic (exact) mass is 455 g/mol. The third kappa shape index (κ3) is 4.27. The van der Waals surface area contributed by atoms with E-state index in [0.29, 0.717) is 15.8 Å². The van der Waals surface area contributed by atoms with Crippen LogP contribution in [0.5, 0.6) is 0 Å². The highest BCUT2D eigenvalue weighted by molar-refractivity contribution is 7.80. The van der Waals surface area contributed by atoms with Crippen molar-refractivity contribution in [2.24, 2.45) is 7.05 Å². The number of carbonyl (C=O) groups is 1. The van der Waals surface area contributed by atoms with Gasteiger partial charge >= 0.3 is 0 Å². The first-order valence-electron chi connectivity index (χ1n) is 9.70. The first kappa shape index (κ1) is 21.3. The number of amides is 1. The highest BCUT2D eigenvalue weighted by Gasteiger charge is 2.41. The van der Waals surface area contributed by atoms with Crippen LogP contribution in [0.2, 0.25) is 5.02 Å². The number of aryl methyl sites for hydroxylation is 1. The summed E-state index contributed by atoms with van der Waals surface area (Å²) in [4.78, 5) is 18.4. The number of carbonyl (C=O) groups excluding carboxylic acids is 1. The van der Waals surface area contributed by atoms with Crippen LogP contribution in [0.4, 0.5) is 11.4 Å². The van der Waals surface area contributed by atoms with Crippen molar-refractivity contribution in [3.63, 3.8) is 0 Å². The van der Waals surface area contributed by atoms with Crippen LogP contribution in [0.25, 0.3) is 0 Å². The van der Waals surface area contributed by atoms with Crippen molar-refractivity contribution in [3.8, 4) is 0 Å². The number of thiocarbonyl (C=S) groups is 1. The van der Waals surface area contributed by atoms with Crippen LogP contribution in [-0.2, 0) is 16.6 Å². The molecule has 160 valence electrons. The van der Waals surface area contributed by atoms with Gasteiger partial charge < -0.3 is 24.8 Å². The third-order valence-electron chi connectivity index (χ3n) is 5.17. The number of hydrogen-bond acceptors (Lipinski definition) is 4. The molecule has 0 spiro atoms. The number of nitrogens with one attached hydrogen (secondary N) is 2. The van der Waals surface area contributed by atoms with Crippen molar-refractivity contribution in [1.82, 2.24) is 14.9 Å². The topological polar surface area (TPSA) is 71.4 Å². The fourth-order valence-corrected chi connectivity index (χ4v) is 4.36. The van der Waals surface area contributed by atoms with E-state index in [2.05, 4.69) is 26.3 Å². The molecule has 3 heterocycles. The van der Waals surface area contributed by atoms with Crippen LogP contribution >= 0.6 is 23.8 Å². The zero-order chi connectivity index (χ0) is 22.0. The van der Waals surface area contributed by atoms with Crippen molar-refractivity contribution in [1.29, 1.82) is 0 Å². The summed E-state index contributed by atoms with van der Waals surface area (Å²) in [5, 5.41) is 7.16. The van der Waals surface area contributed by atoms with Gasteiger partial charge in [0.2, 0.25) is 5.91 Å². The maximum absolute atomic E-state index is 11.9. The number of nitrogens with zero attached hydrogens (tertiary/aromatic N) is 3. The van der Waals surface area contributed by atoms with Gasteiger partial charge in [0.05, 0.1) is 22.4 Å². The first-order chi connectivity index (χ1) is 15.0. The number of halogens is 1. The molecule has 4 rings (SSSR count). The minimum absolute atomic E-state index is 0.0421. The Morgan fingerprint density at radius 1 is 1.29 bits per heavy atom. The molecule has 2 atom stereocenters. The predicted molar refractivity (Wildman–Crippen MR) is 125 cm³/mol. The van der Waals surface area contributed by atoms with Gasteiger partial charge in [0.15, 0.2) is 5.11 Å². The molecule has 0 radical (unpaired) electrons. The van der Waals surface area contributed by atoms with Crippen molar-refractivity contribution < 1.29 is 9.53 Å². The lowest BCUT2D eigenvalue weighted by atomic mass is 10.0. The molecule has 9 heteroatoms. The average molecular weight is 456 g/mol. The summed E-state index contributed by atoms with van der Waals surface area (Å²) in [6, 6.07) is 15.1. The molecule has 1 fully saturated rings. The quantitative estimate of drug-likeness (QED) is 0.550. The van der Waals surface area contributed by atoms with E-state index in [4.69, 9.17) is 28.6 Å². The number of pyridine rings is 1. The second-order valence-electron chi connectivity index (χ2n) is 7.19. The molecule has 0 aliphatic carbocycles. The van der Waals surface area contributed by atoms with E-state index in [9.17, 15) is 4.79 Å². The summed E-state index contributed by atoms with van der Waals surface area (Å²) in [5.41, 5.74) is 3.31. The lowest BCUT2D eigenvalue weighted by Crippen LogP contribution is -2.30. The van der Waals surface area contributed by atoms with Crippen molar-refractivity contribution >= 4 is 46.2 Å². The Bertz CT molecular complexity index is 1100. The summed E-state index contributed by atoms with van der Waals surface area (Å²) in [6.45, 7) is -0.0421. The first-order valence-corrected chi connectivity index (χ1v) is 10.5. The van der Waals surface area contributed by atoms with Gasteiger partial charge in [-0.05, 0) is 54.7 Å². The highest BCUT2D eigenvalue weighted by atomic mass is 35.5. The number of methoxy groups -OCH3 is 1. The maximum atomic E-state index is 11.9. The van der Waals surface area contributed by atoms with Crippen LogP contribution in [0.3, 0.4) is 0 Å². The molecule has 2 aromatic heterocycles. The van der Waals surface area contributed by atoms with Crippen molar-refractivity contribution in [3.05, 3.63) is 77.3 Å². The molecule has 2 N–H and O–H groups in total. The van der Waals surface area contributed by atoms with Gasteiger partial charge in [-0.3, -0.25) is 9.78 Å². The molecule has 31 heavy (non-hydrogen) atoms. The largest absolute Gasteiger partial charge is 0.375 e. The van der Waals surface area contributed by atoms with Gasteiger partial charge in [-0.1, -0.05) is 17.7 Å². The van der Waals surface area contributed by atoms with E-state index in [1.807, 2.05) is 48.5 Å². The Labute approximate surface area is 191 Å². The van der Waals surface area contributed by atoms with E-state index in [1.54, 1.807) is 18.3 Å². The van der Waals surface area contributed by atoms with Gasteiger partial charge in [-0.15, -0.1) is 0 Å². The molecule has 1 amide bonds. The zero-order valence-corrected chi connectivity index (χ0v) is 18.7. The fraction of sp³-hybridized carbons (Fsp3) is 0.227. The van der Waals surface area contributed by atoms with E-state index >= 15 is 0 Å². The lowest BCUT2D eigenvalue weighted by molar-refractivity contribution is -0.119. The van der Waals surface area contributed by atoms with Crippen LogP contribution in [0.15, 0.2) is 60.9 Å². The number of aromatic nitrogens is 2. The van der Waals surface area contributed by atoms with Crippen LogP contribution in [-0.4, -0.2) is 34.3 Å². The SMILES string of the molecule is COCC(=O)Nc1ccc(N2C(=S)N[C@H](c3ccccn3)[C@@H]2c2cccn2C)cc1Cl. The molecule has 0 unspecified atom stereocenters. The molecule has 1 aliphatic rings. The minimum Gasteiger partial charge on any atom is -0.375 e. The normalized spacial score (nSPS) is 18.2. The molecule has 0 bridgehead atoms. The molecule has 1 aliphatic heterocycles. The van der Waals surface area contributed by atoms with Crippen LogP contribution in [0, 0.1) is 0 Å². The van der Waals surface area contributed by atoms with Gasteiger partial charge in [0, 0.05) is 37.9 Å². The molecule has 3 aromatic rings. The van der Waals surface area contributed by atoms with Crippen LogP contribution < -0.4 is 15.5 Å². The minimum atomic E-state index is -0.271. The number of ether oxygens (including phenoxy) is 1. The zero-order valence-electron chi connectivity index (χ0n) is 17.1. The van der Waals surface area contributed by atoms with E-state index < -0.39 is 0 Å². The predicted octanol–water partition coefficient (Wildman–Crippen LogP) is 3.84. The Kier molecular flexibility index (Phi) is 6.22. The standard InChI is InChI=1S/C22H22ClN5O2S/c1-27-11-5-7-18(27)21-20(17-6-3-4-10-24-17)26-22(31)28(21)14-8-9-16(15(23)12-14)25-19(29)13-30-2/h3-12,20-21H,13H2,1-2H3,(H,25,29)(H,26,31)/t20-,21+/m1/s1.